The fraction of sp³-hybridized carbons (Fsp3) is 0.250. The van der Waals surface area contributed by atoms with E-state index >= 15 is 0 Å². The molecule has 0 aliphatic rings. The molecule has 0 saturated heterocycles. The van der Waals surface area contributed by atoms with Gasteiger partial charge in [0.2, 0.25) is 5.89 Å². The van der Waals surface area contributed by atoms with Crippen LogP contribution in [-0.2, 0) is 16.3 Å². The van der Waals surface area contributed by atoms with E-state index in [0.29, 0.717) is 28.2 Å². The molecule has 1 N–H and O–H groups in total. The van der Waals surface area contributed by atoms with Gasteiger partial charge in [-0.1, -0.05) is 22.8 Å². The van der Waals surface area contributed by atoms with E-state index < -0.39 is 5.97 Å². The Kier molecular flexibility index (Phi) is 5.75. The molecule has 5 nitrogen and oxygen atoms in total. The number of benzene rings is 1. The van der Waals surface area contributed by atoms with Gasteiger partial charge in [-0.05, 0) is 18.2 Å². The molecular weight excluding hydrogens is 320 g/mol. The molecule has 0 aliphatic heterocycles. The third-order valence-corrected chi connectivity index (χ3v) is 4.25. The van der Waals surface area contributed by atoms with Gasteiger partial charge in [-0.3, -0.25) is 4.79 Å². The van der Waals surface area contributed by atoms with Gasteiger partial charge >= 0.3 is 5.97 Å². The van der Waals surface area contributed by atoms with Crippen molar-refractivity contribution in [2.24, 2.45) is 0 Å². The Balaban J connectivity index is 1.82. The second kappa shape index (κ2) is 7.56. The summed E-state index contributed by atoms with van der Waals surface area (Å²) in [5.41, 5.74) is 0. The van der Waals surface area contributed by atoms with Crippen LogP contribution in [0.3, 0.4) is 0 Å². The second-order valence-corrected chi connectivity index (χ2v) is 6.21. The third kappa shape index (κ3) is 5.07. The molecule has 0 radical (unpaired) electrons. The Labute approximate surface area is 129 Å². The van der Waals surface area contributed by atoms with Gasteiger partial charge in [-0.25, -0.2) is 0 Å². The van der Waals surface area contributed by atoms with Crippen LogP contribution in [0.2, 0.25) is 5.02 Å². The number of carbonyl (C=O) groups is 1. The summed E-state index contributed by atoms with van der Waals surface area (Å²) in [4.78, 5) is 15.6. The van der Waals surface area contributed by atoms with Crippen molar-refractivity contribution in [2.75, 3.05) is 5.75 Å². The highest BCUT2D eigenvalue weighted by molar-refractivity contribution is 7.99. The highest BCUT2D eigenvalue weighted by atomic mass is 35.5. The number of halogens is 1. The second-order valence-electron chi connectivity index (χ2n) is 3.74. The van der Waals surface area contributed by atoms with Crippen LogP contribution >= 0.6 is 35.1 Å². The topological polar surface area (TPSA) is 76.2 Å². The zero-order valence-electron chi connectivity index (χ0n) is 10.3. The maximum absolute atomic E-state index is 10.4. The maximum atomic E-state index is 10.4. The number of hydrogen-bond donors (Lipinski definition) is 1. The summed E-state index contributed by atoms with van der Waals surface area (Å²) < 4.78 is 5.04. The first-order valence-electron chi connectivity index (χ1n) is 5.63. The number of aliphatic carboxylic acids is 1. The van der Waals surface area contributed by atoms with Gasteiger partial charge in [0.15, 0.2) is 5.82 Å². The highest BCUT2D eigenvalue weighted by Gasteiger charge is 2.08. The van der Waals surface area contributed by atoms with Crippen LogP contribution in [0, 0.1) is 0 Å². The monoisotopic (exact) mass is 330 g/mol. The number of nitrogens with zero attached hydrogens (tertiary/aromatic N) is 2. The molecular formula is C12H11ClN2O3S2. The molecule has 0 bridgehead atoms. The minimum atomic E-state index is -0.855. The fourth-order valence-electron chi connectivity index (χ4n) is 1.34. The molecule has 0 spiro atoms. The zero-order chi connectivity index (χ0) is 14.4. The van der Waals surface area contributed by atoms with Gasteiger partial charge in [0.25, 0.3) is 0 Å². The molecule has 2 rings (SSSR count). The molecule has 0 atom stereocenters. The van der Waals surface area contributed by atoms with E-state index in [1.54, 1.807) is 11.8 Å². The summed E-state index contributed by atoms with van der Waals surface area (Å²) in [5, 5.41) is 13.1. The van der Waals surface area contributed by atoms with Crippen LogP contribution in [-0.4, -0.2) is 27.0 Å². The number of rotatable bonds is 7. The van der Waals surface area contributed by atoms with Crippen molar-refractivity contribution in [3.8, 4) is 0 Å². The first kappa shape index (κ1) is 15.2. The first-order chi connectivity index (χ1) is 9.63. The summed E-state index contributed by atoms with van der Waals surface area (Å²) in [5.74, 6) is 1.17. The molecule has 2 aromatic rings. The predicted molar refractivity (Wildman–Crippen MR) is 79.1 cm³/mol. The molecule has 106 valence electrons. The predicted octanol–water partition coefficient (Wildman–Crippen LogP) is 3.33. The average Bonchev–Trinajstić information content (AvgIpc) is 2.84. The van der Waals surface area contributed by atoms with Crippen molar-refractivity contribution >= 4 is 41.1 Å². The number of aromatic nitrogens is 2. The Bertz CT molecular complexity index is 592. The lowest BCUT2D eigenvalue weighted by Gasteiger charge is -1.98. The molecule has 0 saturated carbocycles. The lowest BCUT2D eigenvalue weighted by atomic mass is 10.4. The van der Waals surface area contributed by atoms with Gasteiger partial charge in [0.05, 0.1) is 17.3 Å². The SMILES string of the molecule is O=C(O)CSCc1nc(CSc2cccc(Cl)c2)no1. The van der Waals surface area contributed by atoms with E-state index in [1.807, 2.05) is 24.3 Å². The van der Waals surface area contributed by atoms with Crippen LogP contribution in [0.5, 0.6) is 0 Å². The number of hydrogen-bond acceptors (Lipinski definition) is 6. The van der Waals surface area contributed by atoms with Gasteiger partial charge < -0.3 is 9.63 Å². The van der Waals surface area contributed by atoms with E-state index in [2.05, 4.69) is 10.1 Å². The minimum Gasteiger partial charge on any atom is -0.481 e. The van der Waals surface area contributed by atoms with Gasteiger partial charge in [-0.2, -0.15) is 4.98 Å². The van der Waals surface area contributed by atoms with Crippen molar-refractivity contribution < 1.29 is 14.4 Å². The molecule has 0 amide bonds. The van der Waals surface area contributed by atoms with Gasteiger partial charge in [-0.15, -0.1) is 23.5 Å². The van der Waals surface area contributed by atoms with Crippen LogP contribution in [0.15, 0.2) is 33.7 Å². The van der Waals surface area contributed by atoms with E-state index in [4.69, 9.17) is 21.2 Å². The first-order valence-corrected chi connectivity index (χ1v) is 8.14. The van der Waals surface area contributed by atoms with E-state index in [-0.39, 0.29) is 5.75 Å². The molecule has 0 unspecified atom stereocenters. The Morgan fingerprint density at radius 3 is 3.00 bits per heavy atom. The van der Waals surface area contributed by atoms with Crippen LogP contribution in [0.1, 0.15) is 11.7 Å². The summed E-state index contributed by atoms with van der Waals surface area (Å²) in [6, 6.07) is 7.53. The normalized spacial score (nSPS) is 10.7. The molecule has 0 fully saturated rings. The molecule has 1 aromatic carbocycles. The van der Waals surface area contributed by atoms with Crippen LogP contribution in [0.25, 0.3) is 0 Å². The van der Waals surface area contributed by atoms with Gasteiger partial charge in [0.1, 0.15) is 0 Å². The summed E-state index contributed by atoms with van der Waals surface area (Å²) in [6.45, 7) is 0. The average molecular weight is 331 g/mol. The van der Waals surface area contributed by atoms with E-state index in [9.17, 15) is 4.79 Å². The molecule has 8 heteroatoms. The maximum Gasteiger partial charge on any atom is 0.313 e. The van der Waals surface area contributed by atoms with Crippen molar-refractivity contribution in [3.63, 3.8) is 0 Å². The smallest absolute Gasteiger partial charge is 0.313 e. The number of thioether (sulfide) groups is 2. The standard InChI is InChI=1S/C12H11ClN2O3S2/c13-8-2-1-3-9(4-8)20-5-10-14-11(18-15-10)6-19-7-12(16)17/h1-4H,5-7H2,(H,16,17). The summed E-state index contributed by atoms with van der Waals surface area (Å²) >= 11 is 8.68. The fourth-order valence-corrected chi connectivity index (χ4v) is 2.96. The molecule has 1 heterocycles. The minimum absolute atomic E-state index is 0.0228. The highest BCUT2D eigenvalue weighted by Crippen LogP contribution is 2.24. The molecule has 0 aliphatic carbocycles. The lowest BCUT2D eigenvalue weighted by Crippen LogP contribution is -1.98. The Morgan fingerprint density at radius 2 is 2.25 bits per heavy atom. The Morgan fingerprint density at radius 1 is 1.40 bits per heavy atom. The summed E-state index contributed by atoms with van der Waals surface area (Å²) in [7, 11) is 0. The van der Waals surface area contributed by atoms with Crippen LogP contribution < -0.4 is 0 Å². The van der Waals surface area contributed by atoms with Crippen molar-refractivity contribution in [1.82, 2.24) is 10.1 Å². The van der Waals surface area contributed by atoms with Crippen molar-refractivity contribution in [1.29, 1.82) is 0 Å². The van der Waals surface area contributed by atoms with Crippen molar-refractivity contribution in [2.45, 2.75) is 16.4 Å². The van der Waals surface area contributed by atoms with Crippen LogP contribution in [0.4, 0.5) is 0 Å². The number of carboxylic acids is 1. The van der Waals surface area contributed by atoms with Crippen molar-refractivity contribution in [3.05, 3.63) is 41.0 Å². The molecule has 1 aromatic heterocycles. The van der Waals surface area contributed by atoms with E-state index in [0.717, 1.165) is 4.90 Å². The Hall–Kier alpha value is -1.18. The van der Waals surface area contributed by atoms with E-state index in [1.165, 1.54) is 11.8 Å². The molecule has 20 heavy (non-hydrogen) atoms. The largest absolute Gasteiger partial charge is 0.481 e. The quantitative estimate of drug-likeness (QED) is 0.780. The number of carboxylic acid groups (broad SMARTS) is 1. The van der Waals surface area contributed by atoms with Gasteiger partial charge in [0, 0.05) is 9.92 Å². The lowest BCUT2D eigenvalue weighted by molar-refractivity contribution is -0.133. The summed E-state index contributed by atoms with van der Waals surface area (Å²) in [6.07, 6.45) is 0. The third-order valence-electron chi connectivity index (χ3n) is 2.13. The zero-order valence-corrected chi connectivity index (χ0v) is 12.7.